The summed E-state index contributed by atoms with van der Waals surface area (Å²) in [4.78, 5) is 23.7. The fraction of sp³-hybridized carbons (Fsp3) is 0.818. The highest BCUT2D eigenvalue weighted by molar-refractivity contribution is 5.82. The van der Waals surface area contributed by atoms with Gasteiger partial charge >= 0.3 is 12.0 Å². The van der Waals surface area contributed by atoms with Gasteiger partial charge in [0.25, 0.3) is 0 Å². The second-order valence-electron chi connectivity index (χ2n) is 5.05. The zero-order valence-corrected chi connectivity index (χ0v) is 10.3. The highest BCUT2D eigenvalue weighted by Crippen LogP contribution is 2.39. The molecule has 5 heteroatoms. The number of rotatable bonds is 4. The van der Waals surface area contributed by atoms with E-state index in [9.17, 15) is 9.59 Å². The van der Waals surface area contributed by atoms with Gasteiger partial charge < -0.3 is 15.3 Å². The van der Waals surface area contributed by atoms with Gasteiger partial charge in [-0.15, -0.1) is 0 Å². The van der Waals surface area contributed by atoms with Crippen LogP contribution in [0.5, 0.6) is 0 Å². The van der Waals surface area contributed by atoms with Crippen LogP contribution in [0, 0.1) is 5.92 Å². The van der Waals surface area contributed by atoms with Crippen LogP contribution in [0.1, 0.15) is 33.6 Å². The second-order valence-corrected chi connectivity index (χ2v) is 5.05. The number of nitrogens with zero attached hydrogens (tertiary/aromatic N) is 1. The van der Waals surface area contributed by atoms with E-state index in [2.05, 4.69) is 5.32 Å². The maximum absolute atomic E-state index is 11.8. The molecule has 1 fully saturated rings. The SMILES string of the molecule is CC(C(=O)O)N(C)C(=O)NC(C)(C)C1CC1. The first kappa shape index (κ1) is 12.8. The van der Waals surface area contributed by atoms with Crippen LogP contribution in [0.15, 0.2) is 0 Å². The third-order valence-electron chi connectivity index (χ3n) is 3.29. The van der Waals surface area contributed by atoms with Gasteiger partial charge in [0.15, 0.2) is 0 Å². The highest BCUT2D eigenvalue weighted by atomic mass is 16.4. The Balaban J connectivity index is 2.54. The molecular formula is C11H20N2O3. The van der Waals surface area contributed by atoms with E-state index in [4.69, 9.17) is 5.11 Å². The van der Waals surface area contributed by atoms with Crippen molar-refractivity contribution in [2.75, 3.05) is 7.05 Å². The van der Waals surface area contributed by atoms with Crippen LogP contribution in [-0.4, -0.2) is 40.6 Å². The summed E-state index contributed by atoms with van der Waals surface area (Å²) in [7, 11) is 1.50. The Morgan fingerprint density at radius 2 is 1.94 bits per heavy atom. The summed E-state index contributed by atoms with van der Waals surface area (Å²) in [5.41, 5.74) is -0.246. The molecular weight excluding hydrogens is 208 g/mol. The van der Waals surface area contributed by atoms with Crippen LogP contribution < -0.4 is 5.32 Å². The van der Waals surface area contributed by atoms with Gasteiger partial charge in [0, 0.05) is 12.6 Å². The standard InChI is InChI=1S/C11H20N2O3/c1-7(9(14)15)13(4)10(16)12-11(2,3)8-5-6-8/h7-8H,5-6H2,1-4H3,(H,12,16)(H,14,15). The third kappa shape index (κ3) is 2.87. The van der Waals surface area contributed by atoms with Crippen molar-refractivity contribution < 1.29 is 14.7 Å². The van der Waals surface area contributed by atoms with E-state index in [-0.39, 0.29) is 11.6 Å². The van der Waals surface area contributed by atoms with Gasteiger partial charge in [-0.25, -0.2) is 9.59 Å². The topological polar surface area (TPSA) is 69.6 Å². The van der Waals surface area contributed by atoms with E-state index >= 15 is 0 Å². The summed E-state index contributed by atoms with van der Waals surface area (Å²) in [6, 6.07) is -1.14. The van der Waals surface area contributed by atoms with Crippen LogP contribution in [-0.2, 0) is 4.79 Å². The number of aliphatic carboxylic acids is 1. The lowest BCUT2D eigenvalue weighted by atomic mass is 9.99. The molecule has 0 radical (unpaired) electrons. The summed E-state index contributed by atoms with van der Waals surface area (Å²) in [5, 5.41) is 11.7. The van der Waals surface area contributed by atoms with Gasteiger partial charge in [0.2, 0.25) is 0 Å². The Morgan fingerprint density at radius 3 is 2.31 bits per heavy atom. The number of carboxylic acids is 1. The molecule has 5 nitrogen and oxygen atoms in total. The summed E-state index contributed by atoms with van der Waals surface area (Å²) < 4.78 is 0. The lowest BCUT2D eigenvalue weighted by molar-refractivity contribution is -0.141. The smallest absolute Gasteiger partial charge is 0.326 e. The molecule has 0 aromatic rings. The zero-order chi connectivity index (χ0) is 12.5. The van der Waals surface area contributed by atoms with E-state index < -0.39 is 12.0 Å². The highest BCUT2D eigenvalue weighted by Gasteiger charge is 2.39. The maximum Gasteiger partial charge on any atom is 0.326 e. The molecule has 0 aliphatic heterocycles. The molecule has 0 heterocycles. The van der Waals surface area contributed by atoms with Crippen LogP contribution in [0.2, 0.25) is 0 Å². The van der Waals surface area contributed by atoms with Gasteiger partial charge in [-0.3, -0.25) is 0 Å². The fourth-order valence-corrected chi connectivity index (χ4v) is 1.61. The van der Waals surface area contributed by atoms with Crippen LogP contribution >= 0.6 is 0 Å². The Kier molecular flexibility index (Phi) is 3.45. The normalized spacial score (nSPS) is 17.8. The average molecular weight is 228 g/mol. The van der Waals surface area contributed by atoms with Gasteiger partial charge in [0.05, 0.1) is 0 Å². The van der Waals surface area contributed by atoms with Crippen molar-refractivity contribution >= 4 is 12.0 Å². The summed E-state index contributed by atoms with van der Waals surface area (Å²) in [6.45, 7) is 5.44. The third-order valence-corrected chi connectivity index (χ3v) is 3.29. The van der Waals surface area contributed by atoms with Crippen molar-refractivity contribution in [1.82, 2.24) is 10.2 Å². The second kappa shape index (κ2) is 4.31. The monoisotopic (exact) mass is 228 g/mol. The molecule has 0 aromatic heterocycles. The molecule has 16 heavy (non-hydrogen) atoms. The molecule has 1 atom stereocenters. The van der Waals surface area contributed by atoms with E-state index in [0.717, 1.165) is 12.8 Å². The fourth-order valence-electron chi connectivity index (χ4n) is 1.61. The Labute approximate surface area is 95.8 Å². The molecule has 1 saturated carbocycles. The zero-order valence-electron chi connectivity index (χ0n) is 10.3. The quantitative estimate of drug-likeness (QED) is 0.761. The Hall–Kier alpha value is -1.26. The predicted octanol–water partition coefficient (Wildman–Crippen LogP) is 1.29. The number of hydrogen-bond donors (Lipinski definition) is 2. The molecule has 92 valence electrons. The number of carbonyl (C=O) groups excluding carboxylic acids is 1. The first-order chi connectivity index (χ1) is 7.25. The van der Waals surface area contributed by atoms with E-state index in [1.54, 1.807) is 0 Å². The number of hydrogen-bond acceptors (Lipinski definition) is 2. The minimum Gasteiger partial charge on any atom is -0.480 e. The molecule has 2 amide bonds. The summed E-state index contributed by atoms with van der Waals surface area (Å²) >= 11 is 0. The largest absolute Gasteiger partial charge is 0.480 e. The van der Waals surface area contributed by atoms with Crippen LogP contribution in [0.25, 0.3) is 0 Å². The summed E-state index contributed by atoms with van der Waals surface area (Å²) in [5.74, 6) is -0.480. The van der Waals surface area contributed by atoms with E-state index in [1.807, 2.05) is 13.8 Å². The van der Waals surface area contributed by atoms with Crippen molar-refractivity contribution in [1.29, 1.82) is 0 Å². The number of amides is 2. The number of nitrogens with one attached hydrogen (secondary N) is 1. The van der Waals surface area contributed by atoms with Gasteiger partial charge in [0.1, 0.15) is 6.04 Å². The molecule has 1 unspecified atom stereocenters. The summed E-state index contributed by atoms with van der Waals surface area (Å²) in [6.07, 6.45) is 2.26. The average Bonchev–Trinajstić information content (AvgIpc) is 2.97. The van der Waals surface area contributed by atoms with Crippen molar-refractivity contribution in [2.45, 2.75) is 45.2 Å². The molecule has 2 N–H and O–H groups in total. The lowest BCUT2D eigenvalue weighted by Crippen LogP contribution is -2.53. The van der Waals surface area contributed by atoms with Gasteiger partial charge in [-0.05, 0) is 39.5 Å². The number of urea groups is 1. The van der Waals surface area contributed by atoms with Crippen molar-refractivity contribution in [2.24, 2.45) is 5.92 Å². The predicted molar refractivity (Wildman–Crippen MR) is 60.2 cm³/mol. The van der Waals surface area contributed by atoms with Crippen LogP contribution in [0.4, 0.5) is 4.79 Å². The molecule has 1 rings (SSSR count). The van der Waals surface area contributed by atoms with Crippen molar-refractivity contribution in [3.8, 4) is 0 Å². The van der Waals surface area contributed by atoms with Crippen LogP contribution in [0.3, 0.4) is 0 Å². The van der Waals surface area contributed by atoms with E-state index in [1.165, 1.54) is 18.9 Å². The number of carbonyl (C=O) groups is 2. The van der Waals surface area contributed by atoms with Gasteiger partial charge in [-0.1, -0.05) is 0 Å². The molecule has 0 saturated heterocycles. The number of likely N-dealkylation sites (N-methyl/N-ethyl adjacent to an activating group) is 1. The van der Waals surface area contributed by atoms with Gasteiger partial charge in [-0.2, -0.15) is 0 Å². The lowest BCUT2D eigenvalue weighted by Gasteiger charge is -2.30. The molecule has 1 aliphatic rings. The van der Waals surface area contributed by atoms with E-state index in [0.29, 0.717) is 5.92 Å². The minimum absolute atomic E-state index is 0.246. The number of carboxylic acid groups (broad SMARTS) is 1. The Morgan fingerprint density at radius 1 is 1.44 bits per heavy atom. The molecule has 0 bridgehead atoms. The molecule has 0 spiro atoms. The minimum atomic E-state index is -0.998. The Bertz CT molecular complexity index is 298. The first-order valence-corrected chi connectivity index (χ1v) is 5.53. The molecule has 0 aromatic carbocycles. The molecule has 1 aliphatic carbocycles. The van der Waals surface area contributed by atoms with Crippen molar-refractivity contribution in [3.63, 3.8) is 0 Å². The maximum atomic E-state index is 11.8. The van der Waals surface area contributed by atoms with Crippen molar-refractivity contribution in [3.05, 3.63) is 0 Å². The first-order valence-electron chi connectivity index (χ1n) is 5.53.